The number of benzene rings is 1. The van der Waals surface area contributed by atoms with Gasteiger partial charge >= 0.3 is 0 Å². The second-order valence-corrected chi connectivity index (χ2v) is 4.96. The van der Waals surface area contributed by atoms with Crippen LogP contribution in [0.5, 0.6) is 0 Å². The predicted octanol–water partition coefficient (Wildman–Crippen LogP) is 1.96. The molecule has 2 nitrogen and oxygen atoms in total. The van der Waals surface area contributed by atoms with Crippen molar-refractivity contribution in [3.8, 4) is 0 Å². The van der Waals surface area contributed by atoms with Gasteiger partial charge in [0.05, 0.1) is 0 Å². The lowest BCUT2D eigenvalue weighted by atomic mass is 10.0. The van der Waals surface area contributed by atoms with Crippen molar-refractivity contribution in [1.82, 2.24) is 4.90 Å². The Morgan fingerprint density at radius 3 is 2.44 bits per heavy atom. The van der Waals surface area contributed by atoms with Gasteiger partial charge in [0.1, 0.15) is 0 Å². The average molecular weight is 218 g/mol. The molecule has 0 amide bonds. The van der Waals surface area contributed by atoms with E-state index in [2.05, 4.69) is 36.1 Å². The molecule has 88 valence electrons. The molecule has 1 aliphatic rings. The van der Waals surface area contributed by atoms with Crippen LogP contribution in [0.3, 0.4) is 0 Å². The molecule has 2 rings (SSSR count). The summed E-state index contributed by atoms with van der Waals surface area (Å²) in [6, 6.07) is 8.99. The molecule has 2 heteroatoms. The van der Waals surface area contributed by atoms with Gasteiger partial charge in [-0.2, -0.15) is 0 Å². The Morgan fingerprint density at radius 2 is 1.81 bits per heavy atom. The maximum atomic E-state index is 6.18. The summed E-state index contributed by atoms with van der Waals surface area (Å²) >= 11 is 0. The first-order chi connectivity index (χ1) is 7.74. The van der Waals surface area contributed by atoms with E-state index >= 15 is 0 Å². The predicted molar refractivity (Wildman–Crippen MR) is 68.5 cm³/mol. The highest BCUT2D eigenvalue weighted by molar-refractivity contribution is 5.22. The second-order valence-electron chi connectivity index (χ2n) is 4.96. The molecular weight excluding hydrogens is 196 g/mol. The molecule has 0 unspecified atom stereocenters. The summed E-state index contributed by atoms with van der Waals surface area (Å²) in [5.41, 5.74) is 8.86. The van der Waals surface area contributed by atoms with Crippen LogP contribution in [0.25, 0.3) is 0 Å². The van der Waals surface area contributed by atoms with Gasteiger partial charge in [-0.3, -0.25) is 0 Å². The van der Waals surface area contributed by atoms with Crippen LogP contribution in [0.2, 0.25) is 0 Å². The van der Waals surface area contributed by atoms with E-state index < -0.39 is 0 Å². The summed E-state index contributed by atoms with van der Waals surface area (Å²) in [7, 11) is 0. The van der Waals surface area contributed by atoms with Crippen molar-refractivity contribution in [2.45, 2.75) is 32.2 Å². The molecule has 2 N–H and O–H groups in total. The zero-order valence-electron chi connectivity index (χ0n) is 10.2. The summed E-state index contributed by atoms with van der Waals surface area (Å²) in [6.45, 7) is 5.64. The van der Waals surface area contributed by atoms with Crippen LogP contribution in [0, 0.1) is 6.92 Å². The molecule has 0 bridgehead atoms. The molecule has 1 aliphatic heterocycles. The highest BCUT2D eigenvalue weighted by atomic mass is 15.1. The third-order valence-corrected chi connectivity index (χ3v) is 3.31. The van der Waals surface area contributed by atoms with Gasteiger partial charge in [-0.05, 0) is 44.8 Å². The van der Waals surface area contributed by atoms with Crippen LogP contribution >= 0.6 is 0 Å². The van der Waals surface area contributed by atoms with Crippen molar-refractivity contribution >= 4 is 0 Å². The molecule has 0 aliphatic carbocycles. The maximum Gasteiger partial charge on any atom is 0.0208 e. The Kier molecular flexibility index (Phi) is 3.97. The largest absolute Gasteiger partial charge is 0.326 e. The van der Waals surface area contributed by atoms with Crippen LogP contribution in [0.4, 0.5) is 0 Å². The first-order valence-electron chi connectivity index (χ1n) is 6.27. The molecule has 0 radical (unpaired) electrons. The van der Waals surface area contributed by atoms with Crippen molar-refractivity contribution in [3.63, 3.8) is 0 Å². The molecule has 1 aromatic carbocycles. The third kappa shape index (κ3) is 3.32. The standard InChI is InChI=1S/C14H22N2/c1-12-4-6-13(7-5-12)10-14(15)11-16-8-2-3-9-16/h4-7,14H,2-3,8-11,15H2,1H3/t14-/m1/s1. The van der Waals surface area contributed by atoms with Crippen molar-refractivity contribution < 1.29 is 0 Å². The normalized spacial score (nSPS) is 18.9. The van der Waals surface area contributed by atoms with Gasteiger partial charge in [0, 0.05) is 12.6 Å². The van der Waals surface area contributed by atoms with E-state index in [1.807, 2.05) is 0 Å². The molecule has 1 fully saturated rings. The van der Waals surface area contributed by atoms with E-state index in [-0.39, 0.29) is 6.04 Å². The number of rotatable bonds is 4. The molecule has 0 saturated carbocycles. The average Bonchev–Trinajstić information content (AvgIpc) is 2.74. The zero-order chi connectivity index (χ0) is 11.4. The minimum atomic E-state index is 0.279. The topological polar surface area (TPSA) is 29.3 Å². The fourth-order valence-electron chi connectivity index (χ4n) is 2.39. The van der Waals surface area contributed by atoms with Gasteiger partial charge in [0.15, 0.2) is 0 Å². The first kappa shape index (κ1) is 11.6. The zero-order valence-corrected chi connectivity index (χ0v) is 10.2. The number of likely N-dealkylation sites (tertiary alicyclic amines) is 1. The lowest BCUT2D eigenvalue weighted by molar-refractivity contribution is 0.313. The Morgan fingerprint density at radius 1 is 1.19 bits per heavy atom. The van der Waals surface area contributed by atoms with Gasteiger partial charge in [0.25, 0.3) is 0 Å². The van der Waals surface area contributed by atoms with Gasteiger partial charge < -0.3 is 10.6 Å². The van der Waals surface area contributed by atoms with E-state index in [9.17, 15) is 0 Å². The smallest absolute Gasteiger partial charge is 0.0208 e. The maximum absolute atomic E-state index is 6.18. The lowest BCUT2D eigenvalue weighted by Crippen LogP contribution is -2.37. The monoisotopic (exact) mass is 218 g/mol. The fraction of sp³-hybridized carbons (Fsp3) is 0.571. The molecule has 0 spiro atoms. The number of nitrogens with two attached hydrogens (primary N) is 1. The summed E-state index contributed by atoms with van der Waals surface area (Å²) < 4.78 is 0. The van der Waals surface area contributed by atoms with Gasteiger partial charge in [-0.25, -0.2) is 0 Å². The van der Waals surface area contributed by atoms with Gasteiger partial charge in [-0.1, -0.05) is 29.8 Å². The first-order valence-corrected chi connectivity index (χ1v) is 6.27. The highest BCUT2D eigenvalue weighted by Gasteiger charge is 2.14. The van der Waals surface area contributed by atoms with Crippen LogP contribution in [-0.4, -0.2) is 30.6 Å². The SMILES string of the molecule is Cc1ccc(C[C@@H](N)CN2CCCC2)cc1. The summed E-state index contributed by atoms with van der Waals surface area (Å²) in [6.07, 6.45) is 3.69. The van der Waals surface area contributed by atoms with Crippen LogP contribution in [0.1, 0.15) is 24.0 Å². The van der Waals surface area contributed by atoms with E-state index in [0.717, 1.165) is 13.0 Å². The fourth-order valence-corrected chi connectivity index (χ4v) is 2.39. The summed E-state index contributed by atoms with van der Waals surface area (Å²) in [5.74, 6) is 0. The molecular formula is C14H22N2. The number of hydrogen-bond acceptors (Lipinski definition) is 2. The van der Waals surface area contributed by atoms with E-state index in [4.69, 9.17) is 5.73 Å². The van der Waals surface area contributed by atoms with Crippen molar-refractivity contribution in [2.75, 3.05) is 19.6 Å². The number of nitrogens with zero attached hydrogens (tertiary/aromatic N) is 1. The Hall–Kier alpha value is -0.860. The van der Waals surface area contributed by atoms with Crippen LogP contribution in [-0.2, 0) is 6.42 Å². The lowest BCUT2D eigenvalue weighted by Gasteiger charge is -2.20. The van der Waals surface area contributed by atoms with Crippen LogP contribution in [0.15, 0.2) is 24.3 Å². The molecule has 1 aromatic rings. The van der Waals surface area contributed by atoms with E-state index in [0.29, 0.717) is 0 Å². The van der Waals surface area contributed by atoms with Gasteiger partial charge in [-0.15, -0.1) is 0 Å². The molecule has 0 aromatic heterocycles. The minimum absolute atomic E-state index is 0.279. The Bertz CT molecular complexity index is 312. The molecule has 1 heterocycles. The molecule has 1 atom stereocenters. The van der Waals surface area contributed by atoms with Crippen molar-refractivity contribution in [1.29, 1.82) is 0 Å². The van der Waals surface area contributed by atoms with E-state index in [1.54, 1.807) is 0 Å². The van der Waals surface area contributed by atoms with Crippen molar-refractivity contribution in [2.24, 2.45) is 5.73 Å². The van der Waals surface area contributed by atoms with Crippen molar-refractivity contribution in [3.05, 3.63) is 35.4 Å². The second kappa shape index (κ2) is 5.46. The molecule has 16 heavy (non-hydrogen) atoms. The molecule has 1 saturated heterocycles. The Labute approximate surface area is 98.4 Å². The van der Waals surface area contributed by atoms with Crippen LogP contribution < -0.4 is 5.73 Å². The quantitative estimate of drug-likeness (QED) is 0.837. The number of aryl methyl sites for hydroxylation is 1. The highest BCUT2D eigenvalue weighted by Crippen LogP contribution is 2.10. The van der Waals surface area contributed by atoms with E-state index in [1.165, 1.54) is 37.1 Å². The summed E-state index contributed by atoms with van der Waals surface area (Å²) in [4.78, 5) is 2.48. The number of hydrogen-bond donors (Lipinski definition) is 1. The summed E-state index contributed by atoms with van der Waals surface area (Å²) in [5, 5.41) is 0. The van der Waals surface area contributed by atoms with Gasteiger partial charge in [0.2, 0.25) is 0 Å². The third-order valence-electron chi connectivity index (χ3n) is 3.31. The Balaban J connectivity index is 1.81. The minimum Gasteiger partial charge on any atom is -0.326 e.